The highest BCUT2D eigenvalue weighted by Gasteiger charge is 2.65. The third-order valence-electron chi connectivity index (χ3n) is 5.67. The van der Waals surface area contributed by atoms with Crippen LogP contribution in [0.5, 0.6) is 5.75 Å². The van der Waals surface area contributed by atoms with Gasteiger partial charge < -0.3 is 4.74 Å². The van der Waals surface area contributed by atoms with E-state index in [-0.39, 0.29) is 12.4 Å². The van der Waals surface area contributed by atoms with E-state index in [1.54, 1.807) is 0 Å². The number of benzene rings is 2. The van der Waals surface area contributed by atoms with Gasteiger partial charge in [-0.2, -0.15) is 0 Å². The van der Waals surface area contributed by atoms with Crippen LogP contribution < -0.4 is 4.74 Å². The number of halogens is 5. The quantitative estimate of drug-likeness (QED) is 0.395. The van der Waals surface area contributed by atoms with Crippen molar-refractivity contribution in [2.45, 2.75) is 62.9 Å². The van der Waals surface area contributed by atoms with Crippen molar-refractivity contribution < 1.29 is 24.2 Å². The van der Waals surface area contributed by atoms with Gasteiger partial charge in [0, 0.05) is 0 Å². The Hall–Kier alpha value is -1.76. The number of hydrogen-bond acceptors (Lipinski definition) is 1. The molecule has 2 aromatic rings. The molecule has 1 saturated carbocycles. The molecule has 162 valence electrons. The van der Waals surface area contributed by atoms with Crippen LogP contribution in [-0.4, -0.2) is 0 Å². The third-order valence-corrected chi connectivity index (χ3v) is 6.83. The van der Waals surface area contributed by atoms with Gasteiger partial charge in [0.1, 0.15) is 17.3 Å². The second-order valence-corrected chi connectivity index (χ2v) is 10.4. The van der Waals surface area contributed by atoms with Crippen LogP contribution in [-0.2, 0) is 6.61 Å². The second-order valence-electron chi connectivity index (χ2n) is 7.98. The van der Waals surface area contributed by atoms with Crippen molar-refractivity contribution in [2.75, 3.05) is 0 Å². The number of rotatable bonds is 7. The van der Waals surface area contributed by atoms with Gasteiger partial charge in [-0.3, -0.25) is 0 Å². The lowest BCUT2D eigenvalue weighted by atomic mass is 9.77. The van der Waals surface area contributed by atoms with Crippen LogP contribution in [0.4, 0.5) is 19.4 Å². The fourth-order valence-electron chi connectivity index (χ4n) is 4.04. The van der Waals surface area contributed by atoms with Gasteiger partial charge >= 0.3 is 10.2 Å². The molecule has 0 radical (unpaired) electrons. The highest BCUT2D eigenvalue weighted by molar-refractivity contribution is 8.45. The fourth-order valence-corrected chi connectivity index (χ4v) is 4.69. The molecule has 0 spiro atoms. The lowest BCUT2D eigenvalue weighted by Crippen LogP contribution is -2.13. The first kappa shape index (κ1) is 21.9. The predicted molar refractivity (Wildman–Crippen MR) is 108 cm³/mol. The Bertz CT molecular complexity index is 808. The van der Waals surface area contributed by atoms with E-state index in [2.05, 4.69) is 19.1 Å². The van der Waals surface area contributed by atoms with Gasteiger partial charge in [-0.15, -0.1) is 0 Å². The maximum Gasteiger partial charge on any atom is 0.310 e. The van der Waals surface area contributed by atoms with Crippen molar-refractivity contribution in [3.63, 3.8) is 0 Å². The zero-order valence-corrected chi connectivity index (χ0v) is 17.2. The van der Waals surface area contributed by atoms with E-state index < -0.39 is 15.1 Å². The van der Waals surface area contributed by atoms with Crippen molar-refractivity contribution in [3.8, 4) is 5.75 Å². The summed E-state index contributed by atoms with van der Waals surface area (Å²) in [4.78, 5) is -1.91. The van der Waals surface area contributed by atoms with Crippen LogP contribution >= 0.6 is 10.2 Å². The normalized spacial score (nSPS) is 22.6. The maximum atomic E-state index is 12.7. The van der Waals surface area contributed by atoms with E-state index in [1.165, 1.54) is 44.1 Å². The third kappa shape index (κ3) is 6.11. The van der Waals surface area contributed by atoms with Gasteiger partial charge in [-0.05, 0) is 72.9 Å². The first-order valence-electron chi connectivity index (χ1n) is 10.0. The first-order chi connectivity index (χ1) is 13.4. The maximum absolute atomic E-state index is 12.7. The molecule has 0 bridgehead atoms. The second kappa shape index (κ2) is 7.49. The van der Waals surface area contributed by atoms with E-state index >= 15 is 0 Å². The van der Waals surface area contributed by atoms with E-state index in [0.29, 0.717) is 18.1 Å². The molecule has 29 heavy (non-hydrogen) atoms. The topological polar surface area (TPSA) is 9.23 Å². The molecule has 3 rings (SSSR count). The zero-order valence-electron chi connectivity index (χ0n) is 16.4. The summed E-state index contributed by atoms with van der Waals surface area (Å²) in [5.41, 5.74) is 2.19. The van der Waals surface area contributed by atoms with Crippen molar-refractivity contribution >= 4 is 10.2 Å². The van der Waals surface area contributed by atoms with Gasteiger partial charge in [0.15, 0.2) is 0 Å². The summed E-state index contributed by atoms with van der Waals surface area (Å²) < 4.78 is 69.2. The fraction of sp³-hybridized carbons (Fsp3) is 0.455. The lowest BCUT2D eigenvalue weighted by molar-refractivity contribution is 0.304. The summed E-state index contributed by atoms with van der Waals surface area (Å²) in [5, 5.41) is 0. The van der Waals surface area contributed by atoms with Gasteiger partial charge in [0.25, 0.3) is 0 Å². The molecule has 2 aromatic carbocycles. The minimum Gasteiger partial charge on any atom is -0.489 e. The Morgan fingerprint density at radius 1 is 0.828 bits per heavy atom. The number of hydrogen-bond donors (Lipinski definition) is 0. The van der Waals surface area contributed by atoms with E-state index in [1.807, 2.05) is 12.1 Å². The Kier molecular flexibility index (Phi) is 5.67. The van der Waals surface area contributed by atoms with Crippen LogP contribution in [0.2, 0.25) is 0 Å². The summed E-state index contributed by atoms with van der Waals surface area (Å²) in [5.74, 6) is 1.56. The molecule has 1 aliphatic rings. The molecule has 0 amide bonds. The molecule has 1 fully saturated rings. The molecule has 0 atom stereocenters. The standard InChI is InChI=1S/C22H27F5OS/c1-2-3-17-4-8-19(9-5-17)20-10-6-18(7-11-20)16-28-21-12-14-22(15-13-21)29(23,24,25,26)27/h6-7,10-15,17,19H,2-5,8-9,16H2,1H3/t17-,19-. The molecule has 7 heteroatoms. The molecule has 0 saturated heterocycles. The average Bonchev–Trinajstić information content (AvgIpc) is 2.66. The Balaban J connectivity index is 1.55. The highest BCUT2D eigenvalue weighted by Crippen LogP contribution is 3.02. The van der Waals surface area contributed by atoms with Crippen LogP contribution in [0.3, 0.4) is 0 Å². The highest BCUT2D eigenvalue weighted by atomic mass is 32.5. The van der Waals surface area contributed by atoms with Crippen LogP contribution in [0, 0.1) is 5.92 Å². The minimum atomic E-state index is -9.64. The van der Waals surface area contributed by atoms with Crippen molar-refractivity contribution in [3.05, 3.63) is 59.7 Å². The molecular formula is C22H27F5OS. The zero-order chi connectivity index (χ0) is 21.2. The van der Waals surface area contributed by atoms with Gasteiger partial charge in [-0.25, -0.2) is 0 Å². The Morgan fingerprint density at radius 3 is 1.93 bits per heavy atom. The molecule has 0 heterocycles. The van der Waals surface area contributed by atoms with Crippen molar-refractivity contribution in [2.24, 2.45) is 5.92 Å². The molecule has 0 aliphatic heterocycles. The minimum absolute atomic E-state index is 0.119. The summed E-state index contributed by atoms with van der Waals surface area (Å²) in [7, 11) is -9.64. The Morgan fingerprint density at radius 2 is 1.41 bits per heavy atom. The van der Waals surface area contributed by atoms with Gasteiger partial charge in [0.2, 0.25) is 0 Å². The van der Waals surface area contributed by atoms with Crippen LogP contribution in [0.25, 0.3) is 0 Å². The van der Waals surface area contributed by atoms with Crippen LogP contribution in [0.1, 0.15) is 62.5 Å². The molecule has 0 unspecified atom stereocenters. The van der Waals surface area contributed by atoms with Gasteiger partial charge in [0.05, 0.1) is 0 Å². The predicted octanol–water partition coefficient (Wildman–Crippen LogP) is 9.00. The summed E-state index contributed by atoms with van der Waals surface area (Å²) >= 11 is 0. The number of ether oxygens (including phenoxy) is 1. The molecule has 1 aliphatic carbocycles. The van der Waals surface area contributed by atoms with Crippen molar-refractivity contribution in [1.29, 1.82) is 0 Å². The lowest BCUT2D eigenvalue weighted by Gasteiger charge is -2.40. The molecule has 0 aromatic heterocycles. The SMILES string of the molecule is CCC[C@H]1CC[C@H](c2ccc(COc3ccc(S(F)(F)(F)(F)F)cc3)cc2)CC1. The van der Waals surface area contributed by atoms with E-state index in [0.717, 1.165) is 23.6 Å². The van der Waals surface area contributed by atoms with Crippen LogP contribution in [0.15, 0.2) is 53.4 Å². The van der Waals surface area contributed by atoms with E-state index in [4.69, 9.17) is 4.74 Å². The largest absolute Gasteiger partial charge is 0.489 e. The molecule has 0 N–H and O–H groups in total. The summed E-state index contributed by atoms with van der Waals surface area (Å²) in [6.45, 7) is 2.40. The molecule has 1 nitrogen and oxygen atoms in total. The summed E-state index contributed by atoms with van der Waals surface area (Å²) in [6, 6.07) is 10.7. The Labute approximate surface area is 169 Å². The monoisotopic (exact) mass is 434 g/mol. The van der Waals surface area contributed by atoms with E-state index in [9.17, 15) is 19.4 Å². The van der Waals surface area contributed by atoms with Crippen molar-refractivity contribution in [1.82, 2.24) is 0 Å². The molecular weight excluding hydrogens is 407 g/mol. The first-order valence-corrected chi connectivity index (χ1v) is 12.0. The smallest absolute Gasteiger partial charge is 0.310 e. The average molecular weight is 435 g/mol. The van der Waals surface area contributed by atoms with Gasteiger partial charge in [-0.1, -0.05) is 63.5 Å². The summed E-state index contributed by atoms with van der Waals surface area (Å²) in [6.07, 6.45) is 7.52.